The maximum atomic E-state index is 12.2. The quantitative estimate of drug-likeness (QED) is 0.821. The highest BCUT2D eigenvalue weighted by Gasteiger charge is 2.25. The Hall–Kier alpha value is -0.770. The molecule has 2 amide bonds. The number of urea groups is 1. The Labute approximate surface area is 110 Å². The zero-order chi connectivity index (χ0) is 13.0. The van der Waals surface area contributed by atoms with Crippen molar-refractivity contribution < 1.29 is 9.53 Å². The van der Waals surface area contributed by atoms with Crippen molar-refractivity contribution in [2.45, 2.75) is 45.6 Å². The maximum Gasteiger partial charge on any atom is 0.317 e. The van der Waals surface area contributed by atoms with Crippen molar-refractivity contribution in [1.29, 1.82) is 0 Å². The van der Waals surface area contributed by atoms with Crippen LogP contribution in [0.2, 0.25) is 0 Å². The van der Waals surface area contributed by atoms with Crippen molar-refractivity contribution in [1.82, 2.24) is 10.2 Å². The van der Waals surface area contributed by atoms with Crippen molar-refractivity contribution in [3.63, 3.8) is 0 Å². The first-order chi connectivity index (χ1) is 8.66. The molecule has 1 N–H and O–H groups in total. The second-order valence-corrected chi connectivity index (χ2v) is 5.88. The first kappa shape index (κ1) is 13.7. The summed E-state index contributed by atoms with van der Waals surface area (Å²) in [5, 5.41) is 3.17. The van der Waals surface area contributed by atoms with Crippen molar-refractivity contribution >= 4 is 6.03 Å². The number of hydrogen-bond acceptors (Lipinski definition) is 2. The van der Waals surface area contributed by atoms with Crippen molar-refractivity contribution in [2.75, 3.05) is 26.3 Å². The normalized spacial score (nSPS) is 27.9. The largest absolute Gasteiger partial charge is 0.381 e. The van der Waals surface area contributed by atoms with E-state index in [1.165, 1.54) is 6.42 Å². The smallest absolute Gasteiger partial charge is 0.317 e. The molecule has 2 heterocycles. The third-order valence-electron chi connectivity index (χ3n) is 4.27. The lowest BCUT2D eigenvalue weighted by Crippen LogP contribution is -2.49. The van der Waals surface area contributed by atoms with E-state index in [1.54, 1.807) is 0 Å². The monoisotopic (exact) mass is 254 g/mol. The van der Waals surface area contributed by atoms with Gasteiger partial charge >= 0.3 is 6.03 Å². The summed E-state index contributed by atoms with van der Waals surface area (Å²) in [4.78, 5) is 14.2. The van der Waals surface area contributed by atoms with Gasteiger partial charge in [-0.15, -0.1) is 0 Å². The summed E-state index contributed by atoms with van der Waals surface area (Å²) < 4.78 is 5.36. The van der Waals surface area contributed by atoms with Gasteiger partial charge in [-0.05, 0) is 44.4 Å². The molecule has 0 bridgehead atoms. The third-order valence-corrected chi connectivity index (χ3v) is 4.27. The first-order valence-corrected chi connectivity index (χ1v) is 7.30. The summed E-state index contributed by atoms with van der Waals surface area (Å²) in [5.41, 5.74) is 0. The van der Waals surface area contributed by atoms with Gasteiger partial charge in [0, 0.05) is 32.3 Å². The van der Waals surface area contributed by atoms with Gasteiger partial charge in [0.05, 0.1) is 0 Å². The van der Waals surface area contributed by atoms with Gasteiger partial charge in [-0.2, -0.15) is 0 Å². The summed E-state index contributed by atoms with van der Waals surface area (Å²) >= 11 is 0. The van der Waals surface area contributed by atoms with Crippen LogP contribution >= 0.6 is 0 Å². The number of nitrogens with one attached hydrogen (secondary N) is 1. The van der Waals surface area contributed by atoms with Crippen molar-refractivity contribution in [3.05, 3.63) is 0 Å². The van der Waals surface area contributed by atoms with Crippen LogP contribution in [0.4, 0.5) is 4.79 Å². The molecule has 4 heteroatoms. The molecular formula is C14H26N2O2. The van der Waals surface area contributed by atoms with Crippen LogP contribution in [0.25, 0.3) is 0 Å². The van der Waals surface area contributed by atoms with Crippen molar-refractivity contribution in [3.8, 4) is 0 Å². The van der Waals surface area contributed by atoms with Crippen LogP contribution in [0, 0.1) is 11.8 Å². The second-order valence-electron chi connectivity index (χ2n) is 5.88. The number of likely N-dealkylation sites (tertiary alicyclic amines) is 1. The predicted molar refractivity (Wildman–Crippen MR) is 71.5 cm³/mol. The van der Waals surface area contributed by atoms with Gasteiger partial charge < -0.3 is 15.0 Å². The maximum absolute atomic E-state index is 12.2. The van der Waals surface area contributed by atoms with E-state index in [4.69, 9.17) is 4.74 Å². The molecule has 18 heavy (non-hydrogen) atoms. The topological polar surface area (TPSA) is 41.6 Å². The first-order valence-electron chi connectivity index (χ1n) is 7.30. The fourth-order valence-electron chi connectivity index (χ4n) is 2.99. The molecule has 2 fully saturated rings. The fourth-order valence-corrected chi connectivity index (χ4v) is 2.99. The zero-order valence-electron chi connectivity index (χ0n) is 11.7. The molecule has 4 nitrogen and oxygen atoms in total. The SMILES string of the molecule is CC1CCCN(C(=O)NC(C)C2CCOCC2)C1. The Morgan fingerprint density at radius 3 is 2.72 bits per heavy atom. The number of rotatable bonds is 2. The Balaban J connectivity index is 1.78. The molecule has 0 saturated carbocycles. The van der Waals surface area contributed by atoms with Crippen LogP contribution < -0.4 is 5.32 Å². The molecule has 0 aromatic rings. The second kappa shape index (κ2) is 6.41. The number of carbonyl (C=O) groups is 1. The molecule has 0 spiro atoms. The molecular weight excluding hydrogens is 228 g/mol. The molecule has 0 aromatic carbocycles. The molecule has 2 unspecified atom stereocenters. The van der Waals surface area contributed by atoms with E-state index < -0.39 is 0 Å². The highest BCUT2D eigenvalue weighted by molar-refractivity contribution is 5.74. The third kappa shape index (κ3) is 3.61. The fraction of sp³-hybridized carbons (Fsp3) is 0.929. The number of nitrogens with zero attached hydrogens (tertiary/aromatic N) is 1. The Morgan fingerprint density at radius 2 is 2.06 bits per heavy atom. The van der Waals surface area contributed by atoms with E-state index in [1.807, 2.05) is 4.90 Å². The number of piperidine rings is 1. The van der Waals surface area contributed by atoms with E-state index in [0.29, 0.717) is 11.8 Å². The molecule has 2 atom stereocenters. The molecule has 2 rings (SSSR count). The molecule has 2 aliphatic rings. The Bertz CT molecular complexity index is 277. The van der Waals surface area contributed by atoms with Gasteiger partial charge in [-0.25, -0.2) is 4.79 Å². The minimum atomic E-state index is 0.126. The molecule has 0 aromatic heterocycles. The van der Waals surface area contributed by atoms with Gasteiger partial charge in [0.2, 0.25) is 0 Å². The van der Waals surface area contributed by atoms with Crippen LogP contribution in [0.5, 0.6) is 0 Å². The molecule has 2 aliphatic heterocycles. The van der Waals surface area contributed by atoms with Crippen LogP contribution in [-0.2, 0) is 4.74 Å². The Morgan fingerprint density at radius 1 is 1.33 bits per heavy atom. The van der Waals surface area contributed by atoms with Gasteiger partial charge in [-0.1, -0.05) is 6.92 Å². The summed E-state index contributed by atoms with van der Waals surface area (Å²) in [5.74, 6) is 1.22. The molecule has 0 radical (unpaired) electrons. The standard InChI is InChI=1S/C14H26N2O2/c1-11-4-3-7-16(10-11)14(17)15-12(2)13-5-8-18-9-6-13/h11-13H,3-10H2,1-2H3,(H,15,17). The van der Waals surface area contributed by atoms with Crippen LogP contribution in [0.1, 0.15) is 39.5 Å². The lowest BCUT2D eigenvalue weighted by atomic mass is 9.93. The van der Waals surface area contributed by atoms with E-state index in [2.05, 4.69) is 19.2 Å². The van der Waals surface area contributed by atoms with Gasteiger partial charge in [-0.3, -0.25) is 0 Å². The zero-order valence-corrected chi connectivity index (χ0v) is 11.7. The van der Waals surface area contributed by atoms with Gasteiger partial charge in [0.25, 0.3) is 0 Å². The van der Waals surface area contributed by atoms with Crippen LogP contribution in [-0.4, -0.2) is 43.3 Å². The van der Waals surface area contributed by atoms with E-state index >= 15 is 0 Å². The average molecular weight is 254 g/mol. The average Bonchev–Trinajstić information content (AvgIpc) is 2.39. The van der Waals surface area contributed by atoms with E-state index in [-0.39, 0.29) is 12.1 Å². The number of carbonyl (C=O) groups excluding carboxylic acids is 1. The lowest BCUT2D eigenvalue weighted by Gasteiger charge is -2.34. The summed E-state index contributed by atoms with van der Waals surface area (Å²) in [6.07, 6.45) is 4.52. The van der Waals surface area contributed by atoms with Gasteiger partial charge in [0.1, 0.15) is 0 Å². The Kier molecular flexibility index (Phi) is 4.87. The van der Waals surface area contributed by atoms with E-state index in [0.717, 1.165) is 45.6 Å². The van der Waals surface area contributed by atoms with Crippen molar-refractivity contribution in [2.24, 2.45) is 11.8 Å². The highest BCUT2D eigenvalue weighted by atomic mass is 16.5. The number of amides is 2. The molecule has 2 saturated heterocycles. The number of ether oxygens (including phenoxy) is 1. The van der Waals surface area contributed by atoms with Gasteiger partial charge in [0.15, 0.2) is 0 Å². The number of hydrogen-bond donors (Lipinski definition) is 1. The molecule has 104 valence electrons. The lowest BCUT2D eigenvalue weighted by molar-refractivity contribution is 0.0558. The minimum absolute atomic E-state index is 0.126. The van der Waals surface area contributed by atoms with E-state index in [9.17, 15) is 4.79 Å². The van der Waals surface area contributed by atoms with Crippen LogP contribution in [0.15, 0.2) is 0 Å². The summed E-state index contributed by atoms with van der Waals surface area (Å²) in [6, 6.07) is 0.388. The summed E-state index contributed by atoms with van der Waals surface area (Å²) in [6.45, 7) is 7.85. The predicted octanol–water partition coefficient (Wildman–Crippen LogP) is 2.24. The van der Waals surface area contributed by atoms with Crippen LogP contribution in [0.3, 0.4) is 0 Å². The summed E-state index contributed by atoms with van der Waals surface area (Å²) in [7, 11) is 0. The molecule has 0 aliphatic carbocycles. The minimum Gasteiger partial charge on any atom is -0.381 e. The highest BCUT2D eigenvalue weighted by Crippen LogP contribution is 2.20.